The number of aryl methyl sites for hydroxylation is 2. The Hall–Kier alpha value is -2.11. The molecule has 2 aliphatic rings. The molecule has 6 nitrogen and oxygen atoms in total. The Morgan fingerprint density at radius 2 is 2.00 bits per heavy atom. The van der Waals surface area contributed by atoms with E-state index in [0.717, 1.165) is 61.2 Å². The minimum atomic E-state index is 0.0528. The third-order valence-corrected chi connectivity index (χ3v) is 5.96. The van der Waals surface area contributed by atoms with E-state index < -0.39 is 0 Å². The van der Waals surface area contributed by atoms with Crippen molar-refractivity contribution >= 4 is 22.6 Å². The van der Waals surface area contributed by atoms with E-state index in [1.54, 1.807) is 0 Å². The predicted octanol–water partition coefficient (Wildman–Crippen LogP) is 2.94. The van der Waals surface area contributed by atoms with Gasteiger partial charge in [-0.2, -0.15) is 5.10 Å². The zero-order valence-corrected chi connectivity index (χ0v) is 15.9. The SMILES string of the molecule is Cc1nn(C)c2c(N3CCCC(C(=O)NC4CCCCC4)C3)nccc12. The lowest BCUT2D eigenvalue weighted by Crippen LogP contribution is -2.46. The van der Waals surface area contributed by atoms with Crippen LogP contribution < -0.4 is 10.2 Å². The summed E-state index contributed by atoms with van der Waals surface area (Å²) in [5, 5.41) is 9.00. The fourth-order valence-corrected chi connectivity index (χ4v) is 4.56. The molecule has 6 heteroatoms. The van der Waals surface area contributed by atoms with Crippen LogP contribution in [0.1, 0.15) is 50.6 Å². The van der Waals surface area contributed by atoms with E-state index in [-0.39, 0.29) is 11.8 Å². The Labute approximate surface area is 155 Å². The van der Waals surface area contributed by atoms with E-state index in [4.69, 9.17) is 0 Å². The third-order valence-electron chi connectivity index (χ3n) is 5.96. The maximum absolute atomic E-state index is 12.8. The van der Waals surface area contributed by atoms with Crippen molar-refractivity contribution in [2.45, 2.75) is 57.9 Å². The van der Waals surface area contributed by atoms with Crippen LogP contribution in [0.15, 0.2) is 12.3 Å². The van der Waals surface area contributed by atoms with Gasteiger partial charge in [0, 0.05) is 37.8 Å². The summed E-state index contributed by atoms with van der Waals surface area (Å²) < 4.78 is 1.92. The molecule has 0 radical (unpaired) electrons. The number of rotatable bonds is 3. The van der Waals surface area contributed by atoms with Crippen LogP contribution in [0.4, 0.5) is 5.82 Å². The fourth-order valence-electron chi connectivity index (χ4n) is 4.56. The van der Waals surface area contributed by atoms with Crippen molar-refractivity contribution in [3.05, 3.63) is 18.0 Å². The van der Waals surface area contributed by atoms with Gasteiger partial charge >= 0.3 is 0 Å². The van der Waals surface area contributed by atoms with Gasteiger partial charge in [0.05, 0.1) is 11.6 Å². The lowest BCUT2D eigenvalue weighted by atomic mass is 9.93. The molecule has 2 aromatic heterocycles. The third kappa shape index (κ3) is 3.29. The van der Waals surface area contributed by atoms with Crippen LogP contribution in [0.25, 0.3) is 10.9 Å². The molecule has 4 rings (SSSR count). The molecule has 0 aromatic carbocycles. The number of pyridine rings is 1. The van der Waals surface area contributed by atoms with Gasteiger partial charge in [0.1, 0.15) is 5.52 Å². The highest BCUT2D eigenvalue weighted by molar-refractivity contribution is 5.91. The highest BCUT2D eigenvalue weighted by Gasteiger charge is 2.29. The first-order chi connectivity index (χ1) is 12.6. The van der Waals surface area contributed by atoms with E-state index in [9.17, 15) is 4.79 Å². The van der Waals surface area contributed by atoms with Crippen LogP contribution in [-0.2, 0) is 11.8 Å². The molecule has 1 N–H and O–H groups in total. The molecule has 140 valence electrons. The fraction of sp³-hybridized carbons (Fsp3) is 0.650. The lowest BCUT2D eigenvalue weighted by Gasteiger charge is -2.34. The molecule has 1 aliphatic carbocycles. The van der Waals surface area contributed by atoms with Gasteiger partial charge in [-0.15, -0.1) is 0 Å². The summed E-state index contributed by atoms with van der Waals surface area (Å²) in [5.74, 6) is 1.24. The minimum Gasteiger partial charge on any atom is -0.354 e. The number of nitrogens with zero attached hydrogens (tertiary/aromatic N) is 4. The zero-order valence-electron chi connectivity index (χ0n) is 15.9. The predicted molar refractivity (Wildman–Crippen MR) is 103 cm³/mol. The largest absolute Gasteiger partial charge is 0.354 e. The van der Waals surface area contributed by atoms with Gasteiger partial charge in [0.15, 0.2) is 5.82 Å². The number of amides is 1. The van der Waals surface area contributed by atoms with Crippen molar-refractivity contribution in [3.8, 4) is 0 Å². The first-order valence-corrected chi connectivity index (χ1v) is 9.97. The summed E-state index contributed by atoms with van der Waals surface area (Å²) in [4.78, 5) is 19.7. The second-order valence-electron chi connectivity index (χ2n) is 7.87. The molecule has 1 amide bonds. The van der Waals surface area contributed by atoms with Crippen LogP contribution >= 0.6 is 0 Å². The molecule has 2 fully saturated rings. The molecule has 3 heterocycles. The number of piperidine rings is 1. The number of carbonyl (C=O) groups is 1. The number of carbonyl (C=O) groups excluding carboxylic acids is 1. The summed E-state index contributed by atoms with van der Waals surface area (Å²) in [6.07, 6.45) is 9.92. The number of aromatic nitrogens is 3. The zero-order chi connectivity index (χ0) is 18.1. The molecule has 26 heavy (non-hydrogen) atoms. The Kier molecular flexibility index (Phi) is 4.83. The van der Waals surface area contributed by atoms with Gasteiger partial charge in [-0.25, -0.2) is 4.98 Å². The summed E-state index contributed by atoms with van der Waals surface area (Å²) >= 11 is 0. The molecule has 1 aliphatic heterocycles. The average Bonchev–Trinajstić information content (AvgIpc) is 2.97. The lowest BCUT2D eigenvalue weighted by molar-refractivity contribution is -0.126. The Bertz CT molecular complexity index is 793. The maximum atomic E-state index is 12.8. The number of hydrogen-bond acceptors (Lipinski definition) is 4. The van der Waals surface area contributed by atoms with Crippen molar-refractivity contribution in [1.82, 2.24) is 20.1 Å². The number of fused-ring (bicyclic) bond motifs is 1. The van der Waals surface area contributed by atoms with Gasteiger partial charge in [0.2, 0.25) is 5.91 Å². The Morgan fingerprint density at radius 1 is 1.19 bits per heavy atom. The molecule has 0 bridgehead atoms. The number of nitrogens with one attached hydrogen (secondary N) is 1. The van der Waals surface area contributed by atoms with Crippen LogP contribution in [-0.4, -0.2) is 39.8 Å². The standard InChI is InChI=1S/C20H29N5O/c1-14-17-10-11-21-19(18(17)24(2)23-14)25-12-6-7-15(13-25)20(26)22-16-8-4-3-5-9-16/h10-11,15-16H,3-9,12-13H2,1-2H3,(H,22,26). The van der Waals surface area contributed by atoms with Gasteiger partial charge in [-0.3, -0.25) is 9.48 Å². The normalized spacial score (nSPS) is 21.9. The van der Waals surface area contributed by atoms with E-state index >= 15 is 0 Å². The maximum Gasteiger partial charge on any atom is 0.225 e. The number of hydrogen-bond donors (Lipinski definition) is 1. The molecule has 1 saturated heterocycles. The molecular weight excluding hydrogens is 326 g/mol. The van der Waals surface area contributed by atoms with Crippen molar-refractivity contribution in [2.24, 2.45) is 13.0 Å². The topological polar surface area (TPSA) is 63.1 Å². The smallest absolute Gasteiger partial charge is 0.225 e. The van der Waals surface area contributed by atoms with Crippen molar-refractivity contribution in [2.75, 3.05) is 18.0 Å². The molecule has 2 aromatic rings. The van der Waals surface area contributed by atoms with Crippen LogP contribution in [0.3, 0.4) is 0 Å². The molecule has 1 atom stereocenters. The first kappa shape index (κ1) is 17.3. The number of anilines is 1. The second-order valence-corrected chi connectivity index (χ2v) is 7.87. The monoisotopic (exact) mass is 355 g/mol. The highest BCUT2D eigenvalue weighted by atomic mass is 16.2. The molecule has 0 spiro atoms. The van der Waals surface area contributed by atoms with Gasteiger partial charge in [0.25, 0.3) is 0 Å². The van der Waals surface area contributed by atoms with Crippen LogP contribution in [0.5, 0.6) is 0 Å². The van der Waals surface area contributed by atoms with Gasteiger partial charge in [-0.05, 0) is 38.7 Å². The van der Waals surface area contributed by atoms with E-state index in [0.29, 0.717) is 6.04 Å². The van der Waals surface area contributed by atoms with E-state index in [1.165, 1.54) is 19.3 Å². The molecule has 1 saturated carbocycles. The van der Waals surface area contributed by atoms with Crippen molar-refractivity contribution in [3.63, 3.8) is 0 Å². The molecular formula is C20H29N5O. The quantitative estimate of drug-likeness (QED) is 0.919. The van der Waals surface area contributed by atoms with Gasteiger partial charge < -0.3 is 10.2 Å². The molecule has 1 unspecified atom stereocenters. The summed E-state index contributed by atoms with van der Waals surface area (Å²) in [7, 11) is 1.97. The first-order valence-electron chi connectivity index (χ1n) is 9.97. The van der Waals surface area contributed by atoms with E-state index in [2.05, 4.69) is 20.3 Å². The second kappa shape index (κ2) is 7.25. The van der Waals surface area contributed by atoms with E-state index in [1.807, 2.05) is 30.9 Å². The van der Waals surface area contributed by atoms with Crippen molar-refractivity contribution in [1.29, 1.82) is 0 Å². The van der Waals surface area contributed by atoms with Crippen LogP contribution in [0, 0.1) is 12.8 Å². The minimum absolute atomic E-state index is 0.0528. The summed E-state index contributed by atoms with van der Waals surface area (Å²) in [5.41, 5.74) is 2.09. The highest BCUT2D eigenvalue weighted by Crippen LogP contribution is 2.30. The summed E-state index contributed by atoms with van der Waals surface area (Å²) in [6, 6.07) is 2.41. The van der Waals surface area contributed by atoms with Crippen LogP contribution in [0.2, 0.25) is 0 Å². The summed E-state index contributed by atoms with van der Waals surface area (Å²) in [6.45, 7) is 3.72. The van der Waals surface area contributed by atoms with Gasteiger partial charge in [-0.1, -0.05) is 19.3 Å². The Balaban J connectivity index is 1.51. The van der Waals surface area contributed by atoms with Crippen molar-refractivity contribution < 1.29 is 4.79 Å². The average molecular weight is 355 g/mol. The Morgan fingerprint density at radius 3 is 2.81 bits per heavy atom.